The Bertz CT molecular complexity index is 579. The van der Waals surface area contributed by atoms with Crippen LogP contribution >= 0.6 is 0 Å². The van der Waals surface area contributed by atoms with E-state index in [1.165, 1.54) is 0 Å². The molecule has 1 aromatic rings. The fourth-order valence-corrected chi connectivity index (χ4v) is 3.09. The second-order valence-electron chi connectivity index (χ2n) is 7.35. The minimum Gasteiger partial charge on any atom is -0.323 e. The summed E-state index contributed by atoms with van der Waals surface area (Å²) in [6, 6.07) is 8.03. The van der Waals surface area contributed by atoms with Crippen molar-refractivity contribution in [2.75, 3.05) is 19.8 Å². The van der Waals surface area contributed by atoms with Crippen LogP contribution in [0.4, 0.5) is 0 Å². The van der Waals surface area contributed by atoms with Gasteiger partial charge in [0.15, 0.2) is 0 Å². The SMILES string of the molecule is CCC12COC(c3ccc(C#C[Si](C)(C)C)cc3)(OC1)OC2. The van der Waals surface area contributed by atoms with Crippen molar-refractivity contribution in [2.45, 2.75) is 39.0 Å². The highest BCUT2D eigenvalue weighted by molar-refractivity contribution is 6.83. The molecule has 3 fully saturated rings. The molecule has 3 heterocycles. The molecule has 2 bridgehead atoms. The van der Waals surface area contributed by atoms with Gasteiger partial charge in [0.25, 0.3) is 0 Å². The summed E-state index contributed by atoms with van der Waals surface area (Å²) in [7, 11) is -1.35. The van der Waals surface area contributed by atoms with Crippen molar-refractivity contribution >= 4 is 8.07 Å². The lowest BCUT2D eigenvalue weighted by molar-refractivity contribution is -0.480. The summed E-state index contributed by atoms with van der Waals surface area (Å²) in [6.45, 7) is 11.0. The Morgan fingerprint density at radius 1 is 1.00 bits per heavy atom. The number of benzene rings is 1. The lowest BCUT2D eigenvalue weighted by Gasteiger charge is -2.51. The monoisotopic (exact) mass is 316 g/mol. The summed E-state index contributed by atoms with van der Waals surface area (Å²) in [5.74, 6) is 2.25. The molecule has 0 aliphatic carbocycles. The van der Waals surface area contributed by atoms with Gasteiger partial charge in [-0.2, -0.15) is 0 Å². The van der Waals surface area contributed by atoms with Crippen LogP contribution in [0.5, 0.6) is 0 Å². The van der Waals surface area contributed by atoms with Crippen LogP contribution in [-0.2, 0) is 20.2 Å². The van der Waals surface area contributed by atoms with Gasteiger partial charge in [-0.05, 0) is 30.7 Å². The Hall–Kier alpha value is -1.12. The molecule has 0 spiro atoms. The highest BCUT2D eigenvalue weighted by atomic mass is 28.3. The molecule has 4 rings (SSSR count). The maximum Gasteiger partial charge on any atom is 0.312 e. The number of rotatable bonds is 2. The van der Waals surface area contributed by atoms with Gasteiger partial charge in [-0.15, -0.1) is 5.54 Å². The number of ether oxygens (including phenoxy) is 3. The van der Waals surface area contributed by atoms with Crippen LogP contribution in [0.1, 0.15) is 24.5 Å². The van der Waals surface area contributed by atoms with Crippen molar-refractivity contribution in [1.29, 1.82) is 0 Å². The molecule has 0 saturated carbocycles. The van der Waals surface area contributed by atoms with Crippen LogP contribution in [-0.4, -0.2) is 27.9 Å². The Kier molecular flexibility index (Phi) is 3.94. The maximum atomic E-state index is 5.93. The van der Waals surface area contributed by atoms with Gasteiger partial charge >= 0.3 is 5.97 Å². The van der Waals surface area contributed by atoms with Gasteiger partial charge in [0.2, 0.25) is 0 Å². The molecular weight excluding hydrogens is 292 g/mol. The third kappa shape index (κ3) is 3.00. The predicted octanol–water partition coefficient (Wildman–Crippen LogP) is 3.50. The summed E-state index contributed by atoms with van der Waals surface area (Å²) < 4.78 is 17.8. The van der Waals surface area contributed by atoms with Crippen LogP contribution < -0.4 is 0 Å². The standard InChI is InChI=1S/C18H24O3Si/c1-5-17-12-19-18(20-13-17,21-14-17)16-8-6-15(7-9-16)10-11-22(2,3)4/h6-9H,5,12-14H2,1-4H3. The molecule has 0 aromatic heterocycles. The summed E-state index contributed by atoms with van der Waals surface area (Å²) >= 11 is 0. The van der Waals surface area contributed by atoms with E-state index in [1.54, 1.807) is 0 Å². The van der Waals surface area contributed by atoms with E-state index in [-0.39, 0.29) is 5.41 Å². The molecule has 0 N–H and O–H groups in total. The van der Waals surface area contributed by atoms with Crippen LogP contribution in [0, 0.1) is 16.9 Å². The summed E-state index contributed by atoms with van der Waals surface area (Å²) in [6.07, 6.45) is 1.01. The third-order valence-corrected chi connectivity index (χ3v) is 5.15. The van der Waals surface area contributed by atoms with Gasteiger partial charge in [0.05, 0.1) is 19.8 Å². The first-order valence-electron chi connectivity index (χ1n) is 7.92. The van der Waals surface area contributed by atoms with Crippen molar-refractivity contribution in [3.05, 3.63) is 35.4 Å². The van der Waals surface area contributed by atoms with E-state index in [0.717, 1.165) is 17.5 Å². The first kappa shape index (κ1) is 15.8. The summed E-state index contributed by atoms with van der Waals surface area (Å²) in [5.41, 5.74) is 5.35. The zero-order valence-electron chi connectivity index (χ0n) is 13.9. The van der Waals surface area contributed by atoms with Gasteiger partial charge in [0.1, 0.15) is 8.07 Å². The van der Waals surface area contributed by atoms with Crippen molar-refractivity contribution in [3.63, 3.8) is 0 Å². The Balaban J connectivity index is 1.78. The lowest BCUT2D eigenvalue weighted by Crippen LogP contribution is -2.58. The molecule has 22 heavy (non-hydrogen) atoms. The first-order valence-corrected chi connectivity index (χ1v) is 11.4. The van der Waals surface area contributed by atoms with Crippen LogP contribution in [0.2, 0.25) is 19.6 Å². The van der Waals surface area contributed by atoms with Crippen LogP contribution in [0.3, 0.4) is 0 Å². The minimum absolute atomic E-state index is 0.0322. The van der Waals surface area contributed by atoms with Gasteiger partial charge < -0.3 is 14.2 Å². The Labute approximate surface area is 134 Å². The number of fused-ring (bicyclic) bond motifs is 3. The van der Waals surface area contributed by atoms with Crippen molar-refractivity contribution in [2.24, 2.45) is 5.41 Å². The highest BCUT2D eigenvalue weighted by Gasteiger charge is 2.52. The zero-order valence-corrected chi connectivity index (χ0v) is 14.9. The fraction of sp³-hybridized carbons (Fsp3) is 0.556. The van der Waals surface area contributed by atoms with Gasteiger partial charge in [0, 0.05) is 16.5 Å². The molecular formula is C18H24O3Si. The molecule has 3 nitrogen and oxygen atoms in total. The smallest absolute Gasteiger partial charge is 0.312 e. The number of hydrogen-bond donors (Lipinski definition) is 0. The van der Waals surface area contributed by atoms with E-state index in [4.69, 9.17) is 14.2 Å². The topological polar surface area (TPSA) is 27.7 Å². The first-order chi connectivity index (χ1) is 10.4. The van der Waals surface area contributed by atoms with E-state index in [9.17, 15) is 0 Å². The van der Waals surface area contributed by atoms with E-state index < -0.39 is 14.0 Å². The quantitative estimate of drug-likeness (QED) is 0.617. The van der Waals surface area contributed by atoms with E-state index in [2.05, 4.69) is 38.0 Å². The van der Waals surface area contributed by atoms with Crippen molar-refractivity contribution < 1.29 is 14.2 Å². The lowest BCUT2D eigenvalue weighted by atomic mass is 9.85. The largest absolute Gasteiger partial charge is 0.323 e. The van der Waals surface area contributed by atoms with Crippen LogP contribution in [0.25, 0.3) is 0 Å². The molecule has 3 aliphatic heterocycles. The fourth-order valence-electron chi connectivity index (χ4n) is 2.57. The second-order valence-corrected chi connectivity index (χ2v) is 12.1. The zero-order chi connectivity index (χ0) is 15.8. The maximum absolute atomic E-state index is 5.93. The molecule has 0 unspecified atom stereocenters. The molecule has 3 saturated heterocycles. The summed E-state index contributed by atoms with van der Waals surface area (Å²) in [4.78, 5) is 0. The predicted molar refractivity (Wildman–Crippen MR) is 88.9 cm³/mol. The molecule has 0 atom stereocenters. The van der Waals surface area contributed by atoms with E-state index in [1.807, 2.05) is 24.3 Å². The van der Waals surface area contributed by atoms with Crippen LogP contribution in [0.15, 0.2) is 24.3 Å². The van der Waals surface area contributed by atoms with Crippen molar-refractivity contribution in [1.82, 2.24) is 0 Å². The second kappa shape index (κ2) is 5.50. The average Bonchev–Trinajstić information content (AvgIpc) is 2.54. The highest BCUT2D eigenvalue weighted by Crippen LogP contribution is 2.45. The van der Waals surface area contributed by atoms with Gasteiger partial charge in [-0.3, -0.25) is 0 Å². The summed E-state index contributed by atoms with van der Waals surface area (Å²) in [5, 5.41) is 0. The number of hydrogen-bond acceptors (Lipinski definition) is 3. The molecule has 1 aromatic carbocycles. The Morgan fingerprint density at radius 2 is 1.55 bits per heavy atom. The average molecular weight is 316 g/mol. The van der Waals surface area contributed by atoms with Crippen molar-refractivity contribution in [3.8, 4) is 11.5 Å². The molecule has 118 valence electrons. The Morgan fingerprint density at radius 3 is 2.00 bits per heavy atom. The van der Waals surface area contributed by atoms with Gasteiger partial charge in [-0.25, -0.2) is 0 Å². The van der Waals surface area contributed by atoms with E-state index in [0.29, 0.717) is 19.8 Å². The normalized spacial score (nSPS) is 30.7. The van der Waals surface area contributed by atoms with Gasteiger partial charge in [-0.1, -0.05) is 32.5 Å². The minimum atomic E-state index is -1.35. The molecule has 0 amide bonds. The molecule has 4 heteroatoms. The van der Waals surface area contributed by atoms with E-state index >= 15 is 0 Å². The third-order valence-electron chi connectivity index (χ3n) is 4.28. The molecule has 0 radical (unpaired) electrons. The molecule has 3 aliphatic rings.